The molecule has 1 aliphatic carbocycles. The van der Waals surface area contributed by atoms with E-state index in [0.29, 0.717) is 47.2 Å². The number of fused-ring (bicyclic) bond motifs is 1. The van der Waals surface area contributed by atoms with Crippen LogP contribution in [-0.2, 0) is 0 Å². The van der Waals surface area contributed by atoms with Crippen molar-refractivity contribution in [3.63, 3.8) is 0 Å². The largest absolute Gasteiger partial charge is 0.489 e. The molecule has 0 amide bonds. The van der Waals surface area contributed by atoms with Crippen LogP contribution in [0.25, 0.3) is 10.8 Å². The Labute approximate surface area is 166 Å². The van der Waals surface area contributed by atoms with Crippen LogP contribution in [0, 0.1) is 11.3 Å². The minimum Gasteiger partial charge on any atom is -0.489 e. The van der Waals surface area contributed by atoms with Crippen LogP contribution in [0.5, 0.6) is 5.75 Å². The normalized spacial score (nSPS) is 24.5. The zero-order valence-electron chi connectivity index (χ0n) is 15.8. The van der Waals surface area contributed by atoms with Gasteiger partial charge in [0.25, 0.3) is 5.56 Å². The summed E-state index contributed by atoms with van der Waals surface area (Å²) in [5, 5.41) is 1.45. The molecular formula is C20H24ClF3N2O2. The highest BCUT2D eigenvalue weighted by Gasteiger charge is 2.54. The summed E-state index contributed by atoms with van der Waals surface area (Å²) in [6, 6.07) is 3.13. The first-order chi connectivity index (χ1) is 13.0. The molecule has 3 N–H and O–H groups in total. The van der Waals surface area contributed by atoms with Crippen molar-refractivity contribution in [1.29, 1.82) is 0 Å². The molecule has 1 heterocycles. The minimum absolute atomic E-state index is 0.193. The van der Waals surface area contributed by atoms with Crippen molar-refractivity contribution in [2.24, 2.45) is 17.1 Å². The van der Waals surface area contributed by atoms with Gasteiger partial charge in [-0.25, -0.2) is 0 Å². The summed E-state index contributed by atoms with van der Waals surface area (Å²) in [6.45, 7) is 3.59. The molecule has 8 heteroatoms. The van der Waals surface area contributed by atoms with Crippen molar-refractivity contribution in [3.8, 4) is 5.75 Å². The second-order valence-electron chi connectivity index (χ2n) is 7.90. The van der Waals surface area contributed by atoms with Crippen LogP contribution in [0.2, 0.25) is 5.02 Å². The highest BCUT2D eigenvalue weighted by atomic mass is 35.5. The quantitative estimate of drug-likeness (QED) is 0.734. The number of alkyl halides is 3. The molecule has 2 aromatic rings. The summed E-state index contributed by atoms with van der Waals surface area (Å²) < 4.78 is 46.0. The van der Waals surface area contributed by atoms with Crippen molar-refractivity contribution in [3.05, 3.63) is 39.8 Å². The molecular weight excluding hydrogens is 393 g/mol. The molecule has 1 aliphatic rings. The number of H-pyrrole nitrogens is 1. The lowest BCUT2D eigenvalue weighted by molar-refractivity contribution is -0.189. The Kier molecular flexibility index (Phi) is 5.69. The predicted octanol–water partition coefficient (Wildman–Crippen LogP) is 5.03. The minimum atomic E-state index is -4.42. The van der Waals surface area contributed by atoms with Crippen molar-refractivity contribution >= 4 is 22.4 Å². The first-order valence-electron chi connectivity index (χ1n) is 9.34. The fraction of sp³-hybridized carbons (Fsp3) is 0.550. The molecule has 3 rings (SSSR count). The van der Waals surface area contributed by atoms with Gasteiger partial charge in [-0.1, -0.05) is 25.4 Å². The number of halogens is 4. The fourth-order valence-electron chi connectivity index (χ4n) is 4.28. The number of aromatic nitrogens is 1. The van der Waals surface area contributed by atoms with Crippen LogP contribution in [-0.4, -0.2) is 23.3 Å². The Morgan fingerprint density at radius 2 is 1.93 bits per heavy atom. The van der Waals surface area contributed by atoms with E-state index in [1.165, 1.54) is 0 Å². The van der Waals surface area contributed by atoms with Gasteiger partial charge in [-0.15, -0.1) is 0 Å². The van der Waals surface area contributed by atoms with Gasteiger partial charge in [-0.2, -0.15) is 13.2 Å². The maximum Gasteiger partial charge on any atom is 0.404 e. The van der Waals surface area contributed by atoms with Crippen LogP contribution in [0.3, 0.4) is 0 Å². The summed E-state index contributed by atoms with van der Waals surface area (Å²) in [6.07, 6.45) is -1.53. The maximum absolute atomic E-state index is 13.3. The van der Waals surface area contributed by atoms with Gasteiger partial charge >= 0.3 is 6.18 Å². The second kappa shape index (κ2) is 7.59. The van der Waals surface area contributed by atoms with E-state index in [4.69, 9.17) is 22.1 Å². The first-order valence-corrected chi connectivity index (χ1v) is 9.72. The van der Waals surface area contributed by atoms with Crippen LogP contribution in [0.1, 0.15) is 39.5 Å². The van der Waals surface area contributed by atoms with Gasteiger partial charge in [-0.05, 0) is 60.6 Å². The standard InChI is InChI=1S/C20H24ClF3N2O2/c1-11(2)19(18(25)20(22,23)24)6-3-13(4-7-19)28-16-9-12-5-8-26-17(27)14(12)10-15(16)21/h5,8-11,13,18H,3-4,6-7,25H2,1-2H3,(H,26,27). The Balaban J connectivity index is 1.78. The van der Waals surface area contributed by atoms with E-state index >= 15 is 0 Å². The molecule has 4 nitrogen and oxygen atoms in total. The van der Waals surface area contributed by atoms with Gasteiger partial charge < -0.3 is 15.5 Å². The predicted molar refractivity (Wildman–Crippen MR) is 104 cm³/mol. The van der Waals surface area contributed by atoms with E-state index in [1.54, 1.807) is 38.2 Å². The van der Waals surface area contributed by atoms with E-state index in [1.807, 2.05) is 0 Å². The molecule has 0 radical (unpaired) electrons. The number of aromatic amines is 1. The Bertz CT molecular complexity index is 902. The van der Waals surface area contributed by atoms with Gasteiger partial charge in [0, 0.05) is 11.6 Å². The Morgan fingerprint density at radius 1 is 1.29 bits per heavy atom. The number of hydrogen-bond acceptors (Lipinski definition) is 3. The summed E-state index contributed by atoms with van der Waals surface area (Å²) in [7, 11) is 0. The number of hydrogen-bond donors (Lipinski definition) is 2. The molecule has 1 atom stereocenters. The zero-order chi connectivity index (χ0) is 20.7. The maximum atomic E-state index is 13.3. The van der Waals surface area contributed by atoms with E-state index in [0.717, 1.165) is 0 Å². The van der Waals surface area contributed by atoms with Crippen LogP contribution in [0.15, 0.2) is 29.2 Å². The van der Waals surface area contributed by atoms with E-state index in [9.17, 15) is 18.0 Å². The Hall–Kier alpha value is -1.73. The Morgan fingerprint density at radius 3 is 2.50 bits per heavy atom. The molecule has 28 heavy (non-hydrogen) atoms. The lowest BCUT2D eigenvalue weighted by Gasteiger charge is -2.47. The lowest BCUT2D eigenvalue weighted by Crippen LogP contribution is -2.56. The molecule has 1 unspecified atom stereocenters. The van der Waals surface area contributed by atoms with E-state index in [2.05, 4.69) is 4.98 Å². The molecule has 1 saturated carbocycles. The average Bonchev–Trinajstić information content (AvgIpc) is 2.62. The van der Waals surface area contributed by atoms with Crippen LogP contribution < -0.4 is 16.0 Å². The van der Waals surface area contributed by atoms with E-state index < -0.39 is 17.6 Å². The first kappa shape index (κ1) is 21.0. The summed E-state index contributed by atoms with van der Waals surface area (Å²) in [5.41, 5.74) is 4.41. The highest BCUT2D eigenvalue weighted by molar-refractivity contribution is 6.32. The number of nitrogens with one attached hydrogen (secondary N) is 1. The molecule has 0 saturated heterocycles. The molecule has 0 bridgehead atoms. The molecule has 1 aromatic heterocycles. The van der Waals surface area contributed by atoms with E-state index in [-0.39, 0.29) is 17.6 Å². The molecule has 1 aromatic carbocycles. The smallest absolute Gasteiger partial charge is 0.404 e. The zero-order valence-corrected chi connectivity index (χ0v) is 16.5. The van der Waals surface area contributed by atoms with Gasteiger partial charge in [0.05, 0.1) is 11.1 Å². The number of ether oxygens (including phenoxy) is 1. The third kappa shape index (κ3) is 3.87. The number of benzene rings is 1. The van der Waals surface area contributed by atoms with Crippen LogP contribution in [0.4, 0.5) is 13.2 Å². The monoisotopic (exact) mass is 416 g/mol. The molecule has 154 valence electrons. The fourth-order valence-corrected chi connectivity index (χ4v) is 4.49. The van der Waals surface area contributed by atoms with Crippen LogP contribution >= 0.6 is 11.6 Å². The topological polar surface area (TPSA) is 68.1 Å². The number of pyridine rings is 1. The summed E-state index contributed by atoms with van der Waals surface area (Å²) in [4.78, 5) is 14.4. The van der Waals surface area contributed by atoms with Gasteiger partial charge in [0.2, 0.25) is 0 Å². The molecule has 0 aliphatic heterocycles. The second-order valence-corrected chi connectivity index (χ2v) is 8.31. The van der Waals surface area contributed by atoms with Crippen molar-refractivity contribution < 1.29 is 17.9 Å². The SMILES string of the molecule is CC(C)C1(C(N)C(F)(F)F)CCC(Oc2cc3cc[nH]c(=O)c3cc2Cl)CC1. The van der Waals surface area contributed by atoms with Gasteiger partial charge in [0.1, 0.15) is 11.8 Å². The summed E-state index contributed by atoms with van der Waals surface area (Å²) >= 11 is 6.26. The lowest BCUT2D eigenvalue weighted by atomic mass is 9.62. The van der Waals surface area contributed by atoms with Gasteiger partial charge in [-0.3, -0.25) is 4.79 Å². The molecule has 1 fully saturated rings. The van der Waals surface area contributed by atoms with Crippen molar-refractivity contribution in [2.75, 3.05) is 0 Å². The third-order valence-corrected chi connectivity index (χ3v) is 6.40. The summed E-state index contributed by atoms with van der Waals surface area (Å²) in [5.74, 6) is 0.239. The van der Waals surface area contributed by atoms with Gasteiger partial charge in [0.15, 0.2) is 0 Å². The number of nitrogens with two attached hydrogens (primary N) is 1. The van der Waals surface area contributed by atoms with Crippen molar-refractivity contribution in [2.45, 2.75) is 57.9 Å². The average molecular weight is 417 g/mol. The molecule has 0 spiro atoms. The number of rotatable bonds is 4. The third-order valence-electron chi connectivity index (χ3n) is 6.11. The highest BCUT2D eigenvalue weighted by Crippen LogP contribution is 2.49. The van der Waals surface area contributed by atoms with Crippen molar-refractivity contribution in [1.82, 2.24) is 4.98 Å².